The summed E-state index contributed by atoms with van der Waals surface area (Å²) in [6, 6.07) is 0. The van der Waals surface area contributed by atoms with Crippen molar-refractivity contribution in [2.45, 2.75) is 6.42 Å². The monoisotopic (exact) mass is 179 g/mol. The minimum Gasteiger partial charge on any atom is -0.387 e. The van der Waals surface area contributed by atoms with Gasteiger partial charge in [0.25, 0.3) is 0 Å². The van der Waals surface area contributed by atoms with Crippen molar-refractivity contribution in [3.8, 4) is 0 Å². The van der Waals surface area contributed by atoms with E-state index in [4.69, 9.17) is 11.1 Å². The van der Waals surface area contributed by atoms with Gasteiger partial charge in [-0.3, -0.25) is 5.41 Å². The number of aromatic nitrogens is 2. The molecule has 1 aromatic rings. The molecule has 0 unspecified atom stereocenters. The Bertz CT molecular complexity index is 307. The van der Waals surface area contributed by atoms with Crippen LogP contribution in [0.4, 0.5) is 5.82 Å². The Kier molecular flexibility index (Phi) is 2.79. The molecule has 0 fully saturated rings. The summed E-state index contributed by atoms with van der Waals surface area (Å²) in [6.45, 7) is 0. The first-order valence-electron chi connectivity index (χ1n) is 3.90. The van der Waals surface area contributed by atoms with E-state index in [9.17, 15) is 0 Å². The lowest BCUT2D eigenvalue weighted by molar-refractivity contribution is 0.999. The summed E-state index contributed by atoms with van der Waals surface area (Å²) in [5.41, 5.74) is 6.18. The minimum atomic E-state index is 0.123. The molecule has 0 aliphatic carbocycles. The summed E-state index contributed by atoms with van der Waals surface area (Å²) >= 11 is 0. The molecular formula is C8H13N5. The van der Waals surface area contributed by atoms with Crippen molar-refractivity contribution in [1.82, 2.24) is 9.97 Å². The van der Waals surface area contributed by atoms with Gasteiger partial charge in [-0.2, -0.15) is 0 Å². The Balaban J connectivity index is 2.97. The molecule has 1 heterocycles. The molecule has 1 rings (SSSR count). The first-order chi connectivity index (χ1) is 6.11. The van der Waals surface area contributed by atoms with E-state index in [0.717, 1.165) is 11.4 Å². The Morgan fingerprint density at radius 1 is 1.62 bits per heavy atom. The molecule has 0 atom stereocenters. The van der Waals surface area contributed by atoms with Gasteiger partial charge in [0, 0.05) is 32.3 Å². The Morgan fingerprint density at radius 2 is 2.31 bits per heavy atom. The van der Waals surface area contributed by atoms with Gasteiger partial charge in [-0.05, 0) is 0 Å². The van der Waals surface area contributed by atoms with Crippen molar-refractivity contribution in [1.29, 1.82) is 5.41 Å². The fourth-order valence-electron chi connectivity index (χ4n) is 1.08. The standard InChI is InChI=1S/C8H13N5/c1-13(2)8-6(3-7(9)10)4-11-5-12-8/h4-5H,3H2,1-2H3,(H3,9,10). The highest BCUT2D eigenvalue weighted by molar-refractivity contribution is 5.80. The molecule has 1 aromatic heterocycles. The van der Waals surface area contributed by atoms with Gasteiger partial charge in [0.1, 0.15) is 12.1 Å². The molecule has 0 bridgehead atoms. The normalized spacial score (nSPS) is 9.69. The Labute approximate surface area is 77.1 Å². The van der Waals surface area contributed by atoms with Gasteiger partial charge in [0.15, 0.2) is 0 Å². The Hall–Kier alpha value is -1.65. The summed E-state index contributed by atoms with van der Waals surface area (Å²) in [5, 5.41) is 7.17. The lowest BCUT2D eigenvalue weighted by Gasteiger charge is -2.14. The maximum Gasteiger partial charge on any atom is 0.135 e. The van der Waals surface area contributed by atoms with Crippen LogP contribution in [-0.4, -0.2) is 29.9 Å². The van der Waals surface area contributed by atoms with Gasteiger partial charge in [0.05, 0.1) is 5.84 Å². The number of nitrogens with zero attached hydrogens (tertiary/aromatic N) is 3. The molecule has 0 aliphatic heterocycles. The molecule has 70 valence electrons. The largest absolute Gasteiger partial charge is 0.387 e. The number of nitrogens with one attached hydrogen (secondary N) is 1. The highest BCUT2D eigenvalue weighted by atomic mass is 15.1. The summed E-state index contributed by atoms with van der Waals surface area (Å²) in [5.74, 6) is 0.933. The smallest absolute Gasteiger partial charge is 0.135 e. The minimum absolute atomic E-state index is 0.123. The van der Waals surface area contributed by atoms with Crippen LogP contribution in [0.1, 0.15) is 5.56 Å². The highest BCUT2D eigenvalue weighted by Crippen LogP contribution is 2.12. The van der Waals surface area contributed by atoms with Crippen LogP contribution in [0.25, 0.3) is 0 Å². The average Bonchev–Trinajstić information content (AvgIpc) is 2.03. The second-order valence-electron chi connectivity index (χ2n) is 2.97. The van der Waals surface area contributed by atoms with E-state index >= 15 is 0 Å². The van der Waals surface area contributed by atoms with Gasteiger partial charge < -0.3 is 10.6 Å². The second-order valence-corrected chi connectivity index (χ2v) is 2.97. The molecule has 13 heavy (non-hydrogen) atoms. The summed E-state index contributed by atoms with van der Waals surface area (Å²) < 4.78 is 0. The van der Waals surface area contributed by atoms with E-state index in [1.807, 2.05) is 19.0 Å². The van der Waals surface area contributed by atoms with Crippen LogP contribution in [0.2, 0.25) is 0 Å². The third kappa shape index (κ3) is 2.40. The predicted molar refractivity (Wildman–Crippen MR) is 52.0 cm³/mol. The second kappa shape index (κ2) is 3.84. The van der Waals surface area contributed by atoms with Crippen molar-refractivity contribution in [2.24, 2.45) is 5.73 Å². The molecule has 0 saturated heterocycles. The molecule has 0 saturated carbocycles. The van der Waals surface area contributed by atoms with Crippen LogP contribution >= 0.6 is 0 Å². The molecule has 0 amide bonds. The predicted octanol–water partition coefficient (Wildman–Crippen LogP) is 0.0211. The van der Waals surface area contributed by atoms with E-state index in [-0.39, 0.29) is 5.84 Å². The van der Waals surface area contributed by atoms with Crippen molar-refractivity contribution < 1.29 is 0 Å². The lowest BCUT2D eigenvalue weighted by Crippen LogP contribution is -2.18. The fourth-order valence-corrected chi connectivity index (χ4v) is 1.08. The zero-order valence-electron chi connectivity index (χ0n) is 7.78. The van der Waals surface area contributed by atoms with Gasteiger partial charge >= 0.3 is 0 Å². The van der Waals surface area contributed by atoms with Crippen LogP contribution in [0.5, 0.6) is 0 Å². The van der Waals surface area contributed by atoms with E-state index in [2.05, 4.69) is 9.97 Å². The van der Waals surface area contributed by atoms with E-state index in [0.29, 0.717) is 6.42 Å². The number of hydrogen-bond donors (Lipinski definition) is 2. The highest BCUT2D eigenvalue weighted by Gasteiger charge is 2.06. The van der Waals surface area contributed by atoms with Gasteiger partial charge in [-0.15, -0.1) is 0 Å². The quantitative estimate of drug-likeness (QED) is 0.506. The van der Waals surface area contributed by atoms with Gasteiger partial charge in [-0.1, -0.05) is 0 Å². The van der Waals surface area contributed by atoms with Crippen LogP contribution in [0.15, 0.2) is 12.5 Å². The zero-order chi connectivity index (χ0) is 9.84. The van der Waals surface area contributed by atoms with Crippen molar-refractivity contribution in [2.75, 3.05) is 19.0 Å². The average molecular weight is 179 g/mol. The Morgan fingerprint density at radius 3 is 2.85 bits per heavy atom. The zero-order valence-corrected chi connectivity index (χ0v) is 7.78. The maximum absolute atomic E-state index is 7.17. The molecule has 5 nitrogen and oxygen atoms in total. The maximum atomic E-state index is 7.17. The third-order valence-corrected chi connectivity index (χ3v) is 1.57. The molecular weight excluding hydrogens is 166 g/mol. The topological polar surface area (TPSA) is 78.9 Å². The molecule has 0 aromatic carbocycles. The first kappa shape index (κ1) is 9.44. The molecule has 5 heteroatoms. The number of rotatable bonds is 3. The summed E-state index contributed by atoms with van der Waals surface area (Å²) in [7, 11) is 3.79. The summed E-state index contributed by atoms with van der Waals surface area (Å²) in [6.07, 6.45) is 3.57. The van der Waals surface area contributed by atoms with Crippen LogP contribution in [0, 0.1) is 5.41 Å². The van der Waals surface area contributed by atoms with Crippen molar-refractivity contribution in [3.63, 3.8) is 0 Å². The third-order valence-electron chi connectivity index (χ3n) is 1.57. The van der Waals surface area contributed by atoms with Crippen molar-refractivity contribution in [3.05, 3.63) is 18.1 Å². The van der Waals surface area contributed by atoms with Crippen molar-refractivity contribution >= 4 is 11.7 Å². The number of nitrogens with two attached hydrogens (primary N) is 1. The molecule has 0 radical (unpaired) electrons. The molecule has 3 N–H and O–H groups in total. The van der Waals surface area contributed by atoms with Crippen LogP contribution < -0.4 is 10.6 Å². The number of anilines is 1. The number of hydrogen-bond acceptors (Lipinski definition) is 4. The SMILES string of the molecule is CN(C)c1ncncc1CC(=N)N. The van der Waals surface area contributed by atoms with E-state index in [1.54, 1.807) is 6.20 Å². The molecule has 0 spiro atoms. The van der Waals surface area contributed by atoms with Crippen LogP contribution in [0.3, 0.4) is 0 Å². The van der Waals surface area contributed by atoms with E-state index < -0.39 is 0 Å². The van der Waals surface area contributed by atoms with Gasteiger partial charge in [0.2, 0.25) is 0 Å². The number of amidine groups is 1. The fraction of sp³-hybridized carbons (Fsp3) is 0.375. The summed E-state index contributed by atoms with van der Waals surface area (Å²) in [4.78, 5) is 9.86. The first-order valence-corrected chi connectivity index (χ1v) is 3.90. The lowest BCUT2D eigenvalue weighted by atomic mass is 10.2. The van der Waals surface area contributed by atoms with Crippen LogP contribution in [-0.2, 0) is 6.42 Å². The molecule has 0 aliphatic rings. The van der Waals surface area contributed by atoms with E-state index in [1.165, 1.54) is 6.33 Å². The van der Waals surface area contributed by atoms with Gasteiger partial charge in [-0.25, -0.2) is 9.97 Å².